The topological polar surface area (TPSA) is 69.2 Å². The van der Waals surface area contributed by atoms with Gasteiger partial charge in [0.25, 0.3) is 0 Å². The number of rotatable bonds is 4. The van der Waals surface area contributed by atoms with E-state index >= 15 is 0 Å². The van der Waals surface area contributed by atoms with Gasteiger partial charge in [-0.1, -0.05) is 23.7 Å². The fourth-order valence-corrected chi connectivity index (χ4v) is 3.09. The first-order valence-electron chi connectivity index (χ1n) is 7.99. The number of carbonyl (C=O) groups is 1. The Hall–Kier alpha value is -2.11. The summed E-state index contributed by atoms with van der Waals surface area (Å²) in [7, 11) is 0. The molecule has 5 nitrogen and oxygen atoms in total. The lowest BCUT2D eigenvalue weighted by Gasteiger charge is -2.36. The van der Waals surface area contributed by atoms with Crippen LogP contribution in [-0.2, 0) is 11.2 Å². The van der Waals surface area contributed by atoms with Crippen LogP contribution in [0.15, 0.2) is 42.9 Å². The molecule has 2 N–H and O–H groups in total. The number of hydrogen-bond acceptors (Lipinski definition) is 3. The number of aromatic amines is 1. The van der Waals surface area contributed by atoms with Crippen molar-refractivity contribution in [2.24, 2.45) is 5.92 Å². The summed E-state index contributed by atoms with van der Waals surface area (Å²) < 4.78 is 0. The number of likely N-dealkylation sites (tertiary alicyclic amines) is 1. The number of piperidine rings is 1. The van der Waals surface area contributed by atoms with Gasteiger partial charge in [0.2, 0.25) is 5.91 Å². The van der Waals surface area contributed by atoms with E-state index in [9.17, 15) is 9.90 Å². The molecule has 1 aliphatic heterocycles. The number of nitrogens with zero attached hydrogens (tertiary/aromatic N) is 2. The van der Waals surface area contributed by atoms with Gasteiger partial charge in [0, 0.05) is 30.1 Å². The highest BCUT2D eigenvalue weighted by Crippen LogP contribution is 2.22. The maximum Gasteiger partial charge on any atom is 0.246 e. The van der Waals surface area contributed by atoms with Gasteiger partial charge in [-0.15, -0.1) is 0 Å². The normalized spacial score (nSPS) is 21.3. The number of imidazole rings is 1. The van der Waals surface area contributed by atoms with E-state index < -0.39 is 0 Å². The number of nitrogens with one attached hydrogen (secondary N) is 1. The Bertz CT molecular complexity index is 698. The molecule has 1 amide bonds. The summed E-state index contributed by atoms with van der Waals surface area (Å²) in [5.41, 5.74) is 1.91. The third-order valence-electron chi connectivity index (χ3n) is 4.34. The van der Waals surface area contributed by atoms with Crippen LogP contribution < -0.4 is 0 Å². The largest absolute Gasteiger partial charge is 0.393 e. The molecule has 6 heteroatoms. The van der Waals surface area contributed by atoms with Crippen LogP contribution in [0.5, 0.6) is 0 Å². The lowest BCUT2D eigenvalue weighted by Crippen LogP contribution is -2.46. The second-order valence-electron chi connectivity index (χ2n) is 6.07. The number of amides is 1. The molecule has 0 aliphatic carbocycles. The molecule has 2 aromatic rings. The van der Waals surface area contributed by atoms with Gasteiger partial charge in [0.1, 0.15) is 0 Å². The molecule has 2 heterocycles. The Morgan fingerprint density at radius 3 is 2.92 bits per heavy atom. The molecule has 2 atom stereocenters. The maximum atomic E-state index is 12.3. The summed E-state index contributed by atoms with van der Waals surface area (Å²) in [6.45, 7) is 1.13. The van der Waals surface area contributed by atoms with Crippen molar-refractivity contribution in [1.82, 2.24) is 14.9 Å². The first-order chi connectivity index (χ1) is 11.6. The standard InChI is InChI=1S/C18H20ClN3O2/c19-15-3-1-13(2-4-15)9-14-11-22(8-7-17(14)23)18(24)6-5-16-10-20-12-21-16/h1-6,10,12,14,17,23H,7-9,11H2,(H,20,21)/b6-5+/t14-,17-/m1/s1. The average molecular weight is 346 g/mol. The van der Waals surface area contributed by atoms with Crippen LogP contribution in [0.25, 0.3) is 6.08 Å². The van der Waals surface area contributed by atoms with Gasteiger partial charge in [-0.2, -0.15) is 0 Å². The fourth-order valence-electron chi connectivity index (χ4n) is 2.97. The SMILES string of the molecule is O=C(/C=C/c1cnc[nH]1)N1CC[C@@H](O)[C@H](Cc2ccc(Cl)cc2)C1. The number of hydrogen-bond donors (Lipinski definition) is 2. The average Bonchev–Trinajstić information content (AvgIpc) is 3.10. The zero-order valence-electron chi connectivity index (χ0n) is 13.2. The molecular weight excluding hydrogens is 326 g/mol. The second-order valence-corrected chi connectivity index (χ2v) is 6.51. The van der Waals surface area contributed by atoms with Crippen LogP contribution in [0, 0.1) is 5.92 Å². The molecule has 0 unspecified atom stereocenters. The van der Waals surface area contributed by atoms with Crippen LogP contribution in [0.4, 0.5) is 0 Å². The van der Waals surface area contributed by atoms with Crippen LogP contribution in [-0.4, -0.2) is 45.1 Å². The fraction of sp³-hybridized carbons (Fsp3) is 0.333. The molecule has 1 aromatic carbocycles. The summed E-state index contributed by atoms with van der Waals surface area (Å²) in [4.78, 5) is 21.0. The highest BCUT2D eigenvalue weighted by Gasteiger charge is 2.29. The van der Waals surface area contributed by atoms with E-state index in [2.05, 4.69) is 9.97 Å². The Balaban J connectivity index is 1.62. The van der Waals surface area contributed by atoms with Crippen molar-refractivity contribution < 1.29 is 9.90 Å². The summed E-state index contributed by atoms with van der Waals surface area (Å²) >= 11 is 5.91. The lowest BCUT2D eigenvalue weighted by molar-refractivity contribution is -0.129. The van der Waals surface area contributed by atoms with Crippen LogP contribution >= 0.6 is 11.6 Å². The molecule has 1 aliphatic rings. The van der Waals surface area contributed by atoms with Gasteiger partial charge in [-0.25, -0.2) is 4.98 Å². The Morgan fingerprint density at radius 2 is 2.21 bits per heavy atom. The molecule has 0 saturated carbocycles. The quantitative estimate of drug-likeness (QED) is 0.837. The minimum absolute atomic E-state index is 0.0319. The first kappa shape index (κ1) is 16.7. The minimum Gasteiger partial charge on any atom is -0.393 e. The number of halogens is 1. The summed E-state index contributed by atoms with van der Waals surface area (Å²) in [5.74, 6) is -0.0120. The monoisotopic (exact) mass is 345 g/mol. The second kappa shape index (κ2) is 7.64. The van der Waals surface area contributed by atoms with Gasteiger partial charge in [-0.05, 0) is 36.6 Å². The van der Waals surface area contributed by atoms with Gasteiger partial charge in [0.05, 0.1) is 24.3 Å². The van der Waals surface area contributed by atoms with Crippen LogP contribution in [0.3, 0.4) is 0 Å². The van der Waals surface area contributed by atoms with Crippen molar-refractivity contribution in [2.45, 2.75) is 18.9 Å². The maximum absolute atomic E-state index is 12.3. The van der Waals surface area contributed by atoms with Gasteiger partial charge in [-0.3, -0.25) is 4.79 Å². The Morgan fingerprint density at radius 1 is 1.42 bits per heavy atom. The Kier molecular flexibility index (Phi) is 5.33. The van der Waals surface area contributed by atoms with Gasteiger partial charge in [0.15, 0.2) is 0 Å². The third kappa shape index (κ3) is 4.24. The molecule has 1 fully saturated rings. The number of H-pyrrole nitrogens is 1. The molecule has 24 heavy (non-hydrogen) atoms. The predicted octanol–water partition coefficient (Wildman–Crippen LogP) is 2.53. The summed E-state index contributed by atoms with van der Waals surface area (Å²) in [5, 5.41) is 11.0. The van der Waals surface area contributed by atoms with Crippen molar-refractivity contribution >= 4 is 23.6 Å². The first-order valence-corrected chi connectivity index (χ1v) is 8.37. The number of benzene rings is 1. The molecule has 126 valence electrons. The number of aliphatic hydroxyl groups excluding tert-OH is 1. The number of carbonyl (C=O) groups excluding carboxylic acids is 1. The third-order valence-corrected chi connectivity index (χ3v) is 4.59. The molecule has 0 spiro atoms. The molecular formula is C18H20ClN3O2. The van der Waals surface area contributed by atoms with Crippen molar-refractivity contribution in [1.29, 1.82) is 0 Å². The van der Waals surface area contributed by atoms with E-state index in [1.807, 2.05) is 24.3 Å². The van der Waals surface area contributed by atoms with Crippen LogP contribution in [0.2, 0.25) is 5.02 Å². The van der Waals surface area contributed by atoms with E-state index in [-0.39, 0.29) is 17.9 Å². The zero-order valence-corrected chi connectivity index (χ0v) is 14.0. The van der Waals surface area contributed by atoms with Crippen molar-refractivity contribution in [3.05, 3.63) is 59.1 Å². The number of aromatic nitrogens is 2. The summed E-state index contributed by atoms with van der Waals surface area (Å²) in [6.07, 6.45) is 7.44. The Labute approximate surface area is 146 Å². The molecule has 1 saturated heterocycles. The minimum atomic E-state index is -0.388. The molecule has 3 rings (SSSR count). The number of aliphatic hydroxyl groups is 1. The highest BCUT2D eigenvalue weighted by atomic mass is 35.5. The lowest BCUT2D eigenvalue weighted by atomic mass is 9.88. The molecule has 0 radical (unpaired) electrons. The zero-order chi connectivity index (χ0) is 16.9. The highest BCUT2D eigenvalue weighted by molar-refractivity contribution is 6.30. The van der Waals surface area contributed by atoms with E-state index in [4.69, 9.17) is 11.6 Å². The smallest absolute Gasteiger partial charge is 0.246 e. The summed E-state index contributed by atoms with van der Waals surface area (Å²) in [6, 6.07) is 7.63. The van der Waals surface area contributed by atoms with Crippen LogP contribution in [0.1, 0.15) is 17.7 Å². The van der Waals surface area contributed by atoms with E-state index in [0.29, 0.717) is 24.5 Å². The van der Waals surface area contributed by atoms with E-state index in [0.717, 1.165) is 17.7 Å². The predicted molar refractivity (Wildman–Crippen MR) is 93.5 cm³/mol. The van der Waals surface area contributed by atoms with Gasteiger partial charge < -0.3 is 15.0 Å². The van der Waals surface area contributed by atoms with E-state index in [1.165, 1.54) is 0 Å². The van der Waals surface area contributed by atoms with E-state index in [1.54, 1.807) is 29.6 Å². The van der Waals surface area contributed by atoms with Gasteiger partial charge >= 0.3 is 0 Å². The van der Waals surface area contributed by atoms with Crippen molar-refractivity contribution in [2.75, 3.05) is 13.1 Å². The molecule has 0 bridgehead atoms. The van der Waals surface area contributed by atoms with Crippen molar-refractivity contribution in [3.63, 3.8) is 0 Å². The molecule has 1 aromatic heterocycles. The van der Waals surface area contributed by atoms with Crippen molar-refractivity contribution in [3.8, 4) is 0 Å².